The zero-order valence-corrected chi connectivity index (χ0v) is 8.91. The third kappa shape index (κ3) is 2.46. The van der Waals surface area contributed by atoms with E-state index in [1.807, 2.05) is 26.8 Å². The molecule has 14 heavy (non-hydrogen) atoms. The van der Waals surface area contributed by atoms with Crippen LogP contribution >= 0.6 is 0 Å². The Morgan fingerprint density at radius 3 is 2.71 bits per heavy atom. The van der Waals surface area contributed by atoms with Crippen molar-refractivity contribution in [1.82, 2.24) is 4.90 Å². The van der Waals surface area contributed by atoms with Crippen molar-refractivity contribution >= 4 is 5.91 Å². The summed E-state index contributed by atoms with van der Waals surface area (Å²) in [6.45, 7) is 7.09. The number of morpholine rings is 1. The number of carbonyl (C=O) groups is 1. The highest BCUT2D eigenvalue weighted by Gasteiger charge is 2.31. The lowest BCUT2D eigenvalue weighted by atomic mass is 9.94. The van der Waals surface area contributed by atoms with Crippen LogP contribution in [-0.4, -0.2) is 36.6 Å². The Kier molecular flexibility index (Phi) is 3.12. The zero-order chi connectivity index (χ0) is 10.8. The molecule has 0 aliphatic carbocycles. The van der Waals surface area contributed by atoms with E-state index < -0.39 is 6.10 Å². The second kappa shape index (κ2) is 3.97. The van der Waals surface area contributed by atoms with Crippen LogP contribution in [0.15, 0.2) is 0 Å². The number of hydrogen-bond donors (Lipinski definition) is 0. The molecule has 0 radical (unpaired) electrons. The van der Waals surface area contributed by atoms with Crippen LogP contribution in [0.2, 0.25) is 0 Å². The first-order chi connectivity index (χ1) is 6.45. The number of rotatable bonds is 0. The predicted molar refractivity (Wildman–Crippen MR) is 51.4 cm³/mol. The average molecular weight is 196 g/mol. The molecular weight excluding hydrogens is 180 g/mol. The van der Waals surface area contributed by atoms with Crippen LogP contribution < -0.4 is 0 Å². The summed E-state index contributed by atoms with van der Waals surface area (Å²) < 4.78 is 5.17. The van der Waals surface area contributed by atoms with Crippen LogP contribution in [0.4, 0.5) is 0 Å². The molecule has 1 unspecified atom stereocenters. The molecule has 1 heterocycles. The number of nitriles is 1. The maximum Gasteiger partial charge on any atom is 0.228 e. The molecule has 1 amide bonds. The van der Waals surface area contributed by atoms with Gasteiger partial charge in [0.2, 0.25) is 5.91 Å². The Bertz CT molecular complexity index is 262. The number of nitrogens with zero attached hydrogens (tertiary/aromatic N) is 2. The highest BCUT2D eigenvalue weighted by atomic mass is 16.5. The molecule has 1 saturated heterocycles. The molecule has 1 rings (SSSR count). The maximum atomic E-state index is 11.8. The number of amides is 1. The van der Waals surface area contributed by atoms with Gasteiger partial charge in [-0.3, -0.25) is 4.79 Å². The highest BCUT2D eigenvalue weighted by molar-refractivity contribution is 5.81. The molecule has 0 spiro atoms. The van der Waals surface area contributed by atoms with Crippen molar-refractivity contribution in [3.8, 4) is 6.07 Å². The summed E-state index contributed by atoms with van der Waals surface area (Å²) in [4.78, 5) is 13.5. The van der Waals surface area contributed by atoms with Gasteiger partial charge >= 0.3 is 0 Å². The summed E-state index contributed by atoms with van der Waals surface area (Å²) in [5.41, 5.74) is -0.378. The summed E-state index contributed by atoms with van der Waals surface area (Å²) in [5.74, 6) is 0.0843. The fourth-order valence-corrected chi connectivity index (χ4v) is 1.39. The fraction of sp³-hybridized carbons (Fsp3) is 0.800. The van der Waals surface area contributed by atoms with Gasteiger partial charge in [-0.25, -0.2) is 0 Å². The molecule has 0 aromatic rings. The Labute approximate surface area is 84.4 Å². The Hall–Kier alpha value is -1.08. The third-order valence-electron chi connectivity index (χ3n) is 2.14. The zero-order valence-electron chi connectivity index (χ0n) is 8.91. The van der Waals surface area contributed by atoms with Gasteiger partial charge in [0.25, 0.3) is 0 Å². The van der Waals surface area contributed by atoms with E-state index in [4.69, 9.17) is 10.00 Å². The van der Waals surface area contributed by atoms with Gasteiger partial charge in [-0.1, -0.05) is 20.8 Å². The molecule has 0 aromatic carbocycles. The minimum absolute atomic E-state index is 0.0843. The summed E-state index contributed by atoms with van der Waals surface area (Å²) in [6.07, 6.45) is -0.463. The summed E-state index contributed by atoms with van der Waals surface area (Å²) in [7, 11) is 0. The molecule has 4 heteroatoms. The molecule has 1 aliphatic heterocycles. The van der Waals surface area contributed by atoms with Crippen molar-refractivity contribution in [2.45, 2.75) is 26.9 Å². The van der Waals surface area contributed by atoms with Gasteiger partial charge in [0.15, 0.2) is 6.10 Å². The lowest BCUT2D eigenvalue weighted by Crippen LogP contribution is -2.49. The van der Waals surface area contributed by atoms with E-state index in [-0.39, 0.29) is 11.3 Å². The molecule has 4 nitrogen and oxygen atoms in total. The topological polar surface area (TPSA) is 53.3 Å². The van der Waals surface area contributed by atoms with Gasteiger partial charge in [-0.15, -0.1) is 0 Å². The Morgan fingerprint density at radius 2 is 2.21 bits per heavy atom. The quantitative estimate of drug-likeness (QED) is 0.575. The number of hydrogen-bond acceptors (Lipinski definition) is 3. The predicted octanol–water partition coefficient (Wildman–Crippen LogP) is 0.783. The van der Waals surface area contributed by atoms with Gasteiger partial charge in [0.05, 0.1) is 19.2 Å². The molecule has 0 N–H and O–H groups in total. The minimum Gasteiger partial charge on any atom is -0.360 e. The van der Waals surface area contributed by atoms with E-state index in [1.54, 1.807) is 4.90 Å². The smallest absolute Gasteiger partial charge is 0.228 e. The average Bonchev–Trinajstić information content (AvgIpc) is 2.15. The van der Waals surface area contributed by atoms with E-state index in [0.717, 1.165) is 0 Å². The highest BCUT2D eigenvalue weighted by Crippen LogP contribution is 2.19. The third-order valence-corrected chi connectivity index (χ3v) is 2.14. The second-order valence-electron chi connectivity index (χ2n) is 4.49. The SMILES string of the molecule is CC(C)(C)C(=O)N1CCOC(C#N)C1. The van der Waals surface area contributed by atoms with E-state index in [9.17, 15) is 4.79 Å². The fourth-order valence-electron chi connectivity index (χ4n) is 1.39. The number of carbonyl (C=O) groups excluding carboxylic acids is 1. The van der Waals surface area contributed by atoms with Gasteiger partial charge in [-0.2, -0.15) is 5.26 Å². The largest absolute Gasteiger partial charge is 0.360 e. The van der Waals surface area contributed by atoms with Crippen molar-refractivity contribution in [2.75, 3.05) is 19.7 Å². The second-order valence-corrected chi connectivity index (χ2v) is 4.49. The lowest BCUT2D eigenvalue weighted by Gasteiger charge is -2.34. The van der Waals surface area contributed by atoms with Crippen LogP contribution in [-0.2, 0) is 9.53 Å². The van der Waals surface area contributed by atoms with Crippen LogP contribution in [0.1, 0.15) is 20.8 Å². The van der Waals surface area contributed by atoms with Crippen LogP contribution in [0.5, 0.6) is 0 Å². The van der Waals surface area contributed by atoms with Crippen LogP contribution in [0.3, 0.4) is 0 Å². The van der Waals surface area contributed by atoms with E-state index in [0.29, 0.717) is 19.7 Å². The molecule has 1 atom stereocenters. The molecule has 0 bridgehead atoms. The van der Waals surface area contributed by atoms with Gasteiger partial charge in [0, 0.05) is 12.0 Å². The van der Waals surface area contributed by atoms with Crippen molar-refractivity contribution in [3.05, 3.63) is 0 Å². The molecule has 0 aromatic heterocycles. The molecule has 1 aliphatic rings. The van der Waals surface area contributed by atoms with Crippen molar-refractivity contribution in [1.29, 1.82) is 5.26 Å². The molecule has 1 fully saturated rings. The summed E-state index contributed by atoms with van der Waals surface area (Å²) in [5, 5.41) is 8.68. The van der Waals surface area contributed by atoms with Crippen LogP contribution in [0, 0.1) is 16.7 Å². The van der Waals surface area contributed by atoms with E-state index in [1.165, 1.54) is 0 Å². The van der Waals surface area contributed by atoms with Gasteiger partial charge in [-0.05, 0) is 0 Å². The first-order valence-electron chi connectivity index (χ1n) is 4.76. The maximum absolute atomic E-state index is 11.8. The molecule has 0 saturated carbocycles. The Morgan fingerprint density at radius 1 is 1.57 bits per heavy atom. The van der Waals surface area contributed by atoms with Crippen LogP contribution in [0.25, 0.3) is 0 Å². The van der Waals surface area contributed by atoms with Crippen molar-refractivity contribution in [2.24, 2.45) is 5.41 Å². The van der Waals surface area contributed by atoms with Gasteiger partial charge in [0.1, 0.15) is 0 Å². The number of ether oxygens (including phenoxy) is 1. The van der Waals surface area contributed by atoms with E-state index in [2.05, 4.69) is 0 Å². The molecule has 78 valence electrons. The Balaban J connectivity index is 2.62. The molecular formula is C10H16N2O2. The summed E-state index contributed by atoms with van der Waals surface area (Å²) >= 11 is 0. The monoisotopic (exact) mass is 196 g/mol. The van der Waals surface area contributed by atoms with E-state index >= 15 is 0 Å². The normalized spacial score (nSPS) is 23.0. The first-order valence-corrected chi connectivity index (χ1v) is 4.76. The van der Waals surface area contributed by atoms with Gasteiger partial charge < -0.3 is 9.64 Å². The van der Waals surface area contributed by atoms with Crippen molar-refractivity contribution < 1.29 is 9.53 Å². The standard InChI is InChI=1S/C10H16N2O2/c1-10(2,3)9(13)12-4-5-14-8(6-11)7-12/h8H,4-5,7H2,1-3H3. The first kappa shape index (κ1) is 11.0. The van der Waals surface area contributed by atoms with Crippen molar-refractivity contribution in [3.63, 3.8) is 0 Å². The lowest BCUT2D eigenvalue weighted by molar-refractivity contribution is -0.145. The summed E-state index contributed by atoms with van der Waals surface area (Å²) in [6, 6.07) is 2.02. The minimum atomic E-state index is -0.463.